The second-order valence-electron chi connectivity index (χ2n) is 7.09. The van der Waals surface area contributed by atoms with Crippen LogP contribution in [0, 0.1) is 13.8 Å². The van der Waals surface area contributed by atoms with Gasteiger partial charge in [-0.2, -0.15) is 13.2 Å². The van der Waals surface area contributed by atoms with Crippen LogP contribution in [0.5, 0.6) is 0 Å². The second-order valence-corrected chi connectivity index (χ2v) is 7.09. The molecule has 0 saturated carbocycles. The van der Waals surface area contributed by atoms with E-state index >= 15 is 0 Å². The van der Waals surface area contributed by atoms with Crippen LogP contribution in [0.3, 0.4) is 0 Å². The van der Waals surface area contributed by atoms with Crippen molar-refractivity contribution in [3.05, 3.63) is 64.7 Å². The Labute approximate surface area is 161 Å². The lowest BCUT2D eigenvalue weighted by molar-refractivity contribution is -0.137. The smallest absolute Gasteiger partial charge is 0.325 e. The van der Waals surface area contributed by atoms with Crippen LogP contribution in [-0.2, 0) is 11.0 Å². The molecule has 2 aromatic rings. The first kappa shape index (κ1) is 19.9. The maximum Gasteiger partial charge on any atom is 0.416 e. The minimum atomic E-state index is -4.46. The van der Waals surface area contributed by atoms with E-state index < -0.39 is 23.7 Å². The van der Waals surface area contributed by atoms with Gasteiger partial charge in [0.15, 0.2) is 0 Å². The third-order valence-corrected chi connectivity index (χ3v) is 4.89. The largest absolute Gasteiger partial charge is 0.416 e. The third-order valence-electron chi connectivity index (χ3n) is 4.89. The van der Waals surface area contributed by atoms with Gasteiger partial charge in [-0.3, -0.25) is 9.59 Å². The van der Waals surface area contributed by atoms with E-state index in [0.29, 0.717) is 13.1 Å². The monoisotopic (exact) mass is 390 g/mol. The molecule has 1 saturated heterocycles. The maximum atomic E-state index is 12.9. The summed E-state index contributed by atoms with van der Waals surface area (Å²) < 4.78 is 38.1. The summed E-state index contributed by atoms with van der Waals surface area (Å²) in [6.07, 6.45) is -4.46. The van der Waals surface area contributed by atoms with Crippen molar-refractivity contribution in [2.75, 3.05) is 18.0 Å². The number of carbonyl (C=O) groups is 2. The van der Waals surface area contributed by atoms with Crippen molar-refractivity contribution in [3.63, 3.8) is 0 Å². The molecule has 148 valence electrons. The summed E-state index contributed by atoms with van der Waals surface area (Å²) in [7, 11) is 0. The van der Waals surface area contributed by atoms with Crippen LogP contribution in [0.4, 0.5) is 18.9 Å². The number of alkyl halides is 3. The van der Waals surface area contributed by atoms with Gasteiger partial charge in [0.25, 0.3) is 5.91 Å². The number of nitrogens with zero attached hydrogens (tertiary/aromatic N) is 2. The molecule has 1 atom stereocenters. The number of halogens is 3. The number of rotatable bonds is 2. The van der Waals surface area contributed by atoms with Gasteiger partial charge in [0.05, 0.1) is 5.56 Å². The van der Waals surface area contributed by atoms with Crippen LogP contribution in [-0.4, -0.2) is 35.8 Å². The Morgan fingerprint density at radius 1 is 1.00 bits per heavy atom. The zero-order valence-corrected chi connectivity index (χ0v) is 15.9. The minimum absolute atomic E-state index is 0.132. The van der Waals surface area contributed by atoms with Crippen LogP contribution in [0.1, 0.15) is 34.0 Å². The highest BCUT2D eigenvalue weighted by atomic mass is 19.4. The number of aryl methyl sites for hydroxylation is 2. The van der Waals surface area contributed by atoms with Gasteiger partial charge in [0, 0.05) is 24.3 Å². The van der Waals surface area contributed by atoms with Gasteiger partial charge < -0.3 is 9.80 Å². The molecule has 2 aromatic carbocycles. The predicted octanol–water partition coefficient (Wildman–Crippen LogP) is 4.20. The van der Waals surface area contributed by atoms with Crippen molar-refractivity contribution in [2.45, 2.75) is 33.0 Å². The van der Waals surface area contributed by atoms with Gasteiger partial charge in [0.1, 0.15) is 6.04 Å². The highest BCUT2D eigenvalue weighted by Gasteiger charge is 2.36. The van der Waals surface area contributed by atoms with E-state index in [1.165, 1.54) is 4.90 Å². The zero-order chi connectivity index (χ0) is 20.6. The Hall–Kier alpha value is -2.83. The Morgan fingerprint density at radius 2 is 1.57 bits per heavy atom. The second kappa shape index (κ2) is 7.30. The first-order valence-electron chi connectivity index (χ1n) is 8.96. The molecule has 0 N–H and O–H groups in total. The molecule has 0 aromatic heterocycles. The number of anilines is 1. The molecule has 0 radical (unpaired) electrons. The molecule has 4 nitrogen and oxygen atoms in total. The average molecular weight is 390 g/mol. The molecule has 1 heterocycles. The van der Waals surface area contributed by atoms with Gasteiger partial charge >= 0.3 is 6.18 Å². The fraction of sp³-hybridized carbons (Fsp3) is 0.333. The van der Waals surface area contributed by atoms with Crippen molar-refractivity contribution >= 4 is 17.5 Å². The van der Waals surface area contributed by atoms with Crippen LogP contribution < -0.4 is 4.90 Å². The molecule has 3 rings (SSSR count). The van der Waals surface area contributed by atoms with E-state index in [1.54, 1.807) is 11.8 Å². The summed E-state index contributed by atoms with van der Waals surface area (Å²) in [6.45, 7) is 6.18. The Balaban J connectivity index is 1.78. The quantitative estimate of drug-likeness (QED) is 0.771. The van der Waals surface area contributed by atoms with Gasteiger partial charge in [-0.1, -0.05) is 6.07 Å². The normalized spacial score (nSPS) is 17.8. The van der Waals surface area contributed by atoms with E-state index in [-0.39, 0.29) is 11.5 Å². The van der Waals surface area contributed by atoms with Crippen molar-refractivity contribution in [3.8, 4) is 0 Å². The highest BCUT2D eigenvalue weighted by Crippen LogP contribution is 2.30. The highest BCUT2D eigenvalue weighted by molar-refractivity contribution is 6.03. The van der Waals surface area contributed by atoms with Crippen LogP contribution in [0.2, 0.25) is 0 Å². The first-order chi connectivity index (χ1) is 13.1. The van der Waals surface area contributed by atoms with Crippen LogP contribution >= 0.6 is 0 Å². The number of hydrogen-bond acceptors (Lipinski definition) is 2. The molecular formula is C21H21F3N2O2. The van der Waals surface area contributed by atoms with Crippen molar-refractivity contribution < 1.29 is 22.8 Å². The van der Waals surface area contributed by atoms with Gasteiger partial charge in [-0.15, -0.1) is 0 Å². The molecule has 2 amide bonds. The Bertz CT molecular complexity index is 887. The number of hydrogen-bond donors (Lipinski definition) is 0. The molecule has 0 aliphatic carbocycles. The number of amides is 2. The van der Waals surface area contributed by atoms with Gasteiger partial charge in [-0.25, -0.2) is 0 Å². The SMILES string of the molecule is Cc1cc(C)cc(N2CCN(C(=O)c3ccc(C(F)(F)F)cc3)C(C)C2=O)c1. The molecule has 1 aliphatic rings. The summed E-state index contributed by atoms with van der Waals surface area (Å²) in [5.41, 5.74) is 2.19. The van der Waals surface area contributed by atoms with Gasteiger partial charge in [-0.05, 0) is 68.3 Å². The number of carbonyl (C=O) groups excluding carboxylic acids is 2. The summed E-state index contributed by atoms with van der Waals surface area (Å²) in [6, 6.07) is 9.22. The first-order valence-corrected chi connectivity index (χ1v) is 8.96. The molecule has 28 heavy (non-hydrogen) atoms. The minimum Gasteiger partial charge on any atom is -0.325 e. The fourth-order valence-electron chi connectivity index (χ4n) is 3.48. The molecular weight excluding hydrogens is 369 g/mol. The number of benzene rings is 2. The lowest BCUT2D eigenvalue weighted by Crippen LogP contribution is -2.57. The van der Waals surface area contributed by atoms with E-state index in [4.69, 9.17) is 0 Å². The average Bonchev–Trinajstić information content (AvgIpc) is 2.62. The van der Waals surface area contributed by atoms with Crippen molar-refractivity contribution in [1.82, 2.24) is 4.90 Å². The Kier molecular flexibility index (Phi) is 5.19. The standard InChI is InChI=1S/C21H21F3N2O2/c1-13-10-14(2)12-18(11-13)26-9-8-25(15(3)19(26)27)20(28)16-4-6-17(7-5-16)21(22,23)24/h4-7,10-12,15H,8-9H2,1-3H3. The Morgan fingerprint density at radius 3 is 2.11 bits per heavy atom. The summed E-state index contributed by atoms with van der Waals surface area (Å²) >= 11 is 0. The lowest BCUT2D eigenvalue weighted by atomic mass is 10.1. The fourth-order valence-corrected chi connectivity index (χ4v) is 3.48. The summed E-state index contributed by atoms with van der Waals surface area (Å²) in [4.78, 5) is 28.7. The molecule has 1 aliphatic heterocycles. The van der Waals surface area contributed by atoms with Crippen LogP contribution in [0.15, 0.2) is 42.5 Å². The summed E-state index contributed by atoms with van der Waals surface area (Å²) in [5, 5.41) is 0. The summed E-state index contributed by atoms with van der Waals surface area (Å²) in [5.74, 6) is -0.661. The molecule has 7 heteroatoms. The molecule has 1 unspecified atom stereocenters. The topological polar surface area (TPSA) is 40.6 Å². The van der Waals surface area contributed by atoms with Crippen LogP contribution in [0.25, 0.3) is 0 Å². The molecule has 0 bridgehead atoms. The van der Waals surface area contributed by atoms with Gasteiger partial charge in [0.2, 0.25) is 5.91 Å². The van der Waals surface area contributed by atoms with E-state index in [1.807, 2.05) is 32.0 Å². The van der Waals surface area contributed by atoms with Crippen molar-refractivity contribution in [2.24, 2.45) is 0 Å². The predicted molar refractivity (Wildman–Crippen MR) is 100 cm³/mol. The number of piperazine rings is 1. The van der Waals surface area contributed by atoms with E-state index in [9.17, 15) is 22.8 Å². The molecule has 1 fully saturated rings. The lowest BCUT2D eigenvalue weighted by Gasteiger charge is -2.39. The zero-order valence-electron chi connectivity index (χ0n) is 15.9. The molecule has 0 spiro atoms. The third kappa shape index (κ3) is 3.88. The van der Waals surface area contributed by atoms with Crippen molar-refractivity contribution in [1.29, 1.82) is 0 Å². The maximum absolute atomic E-state index is 12.9. The van der Waals surface area contributed by atoms with E-state index in [0.717, 1.165) is 41.1 Å². The van der Waals surface area contributed by atoms with E-state index in [2.05, 4.69) is 0 Å².